The van der Waals surface area contributed by atoms with Gasteiger partial charge in [-0.2, -0.15) is 0 Å². The van der Waals surface area contributed by atoms with Crippen molar-refractivity contribution in [3.63, 3.8) is 0 Å². The second-order valence-electron chi connectivity index (χ2n) is 12.8. The first kappa shape index (κ1) is 29.7. The second kappa shape index (κ2) is 10.7. The number of carbonyl (C=O) groups is 3. The maximum absolute atomic E-state index is 14.5. The van der Waals surface area contributed by atoms with Crippen LogP contribution in [0, 0.1) is 17.8 Å². The number of nitrogens with zero attached hydrogens (tertiary/aromatic N) is 1. The molecule has 3 amide bonds. The van der Waals surface area contributed by atoms with Gasteiger partial charge in [-0.05, 0) is 63.9 Å². The number of anilines is 1. The summed E-state index contributed by atoms with van der Waals surface area (Å²) in [5.74, 6) is -2.47. The summed E-state index contributed by atoms with van der Waals surface area (Å²) in [5, 5.41) is 4.99. The SMILES string of the molecule is CC(C)[C@@H](C(=O)Nc1ccc(Oc2cccc3ccccc23)cc1)N1C(=O)[C@@H]2[C@@H](C1=O)C1(Cl)c3ccccc3C2(Cl)c2ccccc21. The van der Waals surface area contributed by atoms with Crippen LogP contribution in [0.4, 0.5) is 5.69 Å². The van der Waals surface area contributed by atoms with Gasteiger partial charge in [0.2, 0.25) is 17.7 Å². The van der Waals surface area contributed by atoms with Gasteiger partial charge < -0.3 is 10.1 Å². The van der Waals surface area contributed by atoms with Crippen LogP contribution < -0.4 is 10.1 Å². The number of benzene rings is 5. The number of imide groups is 1. The summed E-state index contributed by atoms with van der Waals surface area (Å²) >= 11 is 15.1. The van der Waals surface area contributed by atoms with Gasteiger partial charge in [0, 0.05) is 11.1 Å². The van der Waals surface area contributed by atoms with Crippen molar-refractivity contribution in [1.82, 2.24) is 4.90 Å². The summed E-state index contributed by atoms with van der Waals surface area (Å²) in [6.07, 6.45) is 0. The molecule has 0 aromatic heterocycles. The summed E-state index contributed by atoms with van der Waals surface area (Å²) in [6, 6.07) is 34.8. The summed E-state index contributed by atoms with van der Waals surface area (Å²) < 4.78 is 6.16. The van der Waals surface area contributed by atoms with Gasteiger partial charge in [-0.3, -0.25) is 19.3 Å². The highest BCUT2D eigenvalue weighted by Crippen LogP contribution is 2.69. The van der Waals surface area contributed by atoms with Gasteiger partial charge >= 0.3 is 0 Å². The average Bonchev–Trinajstić information content (AvgIpc) is 3.35. The molecule has 47 heavy (non-hydrogen) atoms. The Morgan fingerprint density at radius 1 is 0.702 bits per heavy atom. The van der Waals surface area contributed by atoms with Gasteiger partial charge in [-0.15, -0.1) is 23.2 Å². The van der Waals surface area contributed by atoms with Gasteiger partial charge in [-0.25, -0.2) is 0 Å². The maximum Gasteiger partial charge on any atom is 0.247 e. The lowest BCUT2D eigenvalue weighted by Gasteiger charge is -2.54. The van der Waals surface area contributed by atoms with E-state index in [4.69, 9.17) is 27.9 Å². The Bertz CT molecular complexity index is 1980. The van der Waals surface area contributed by atoms with E-state index in [2.05, 4.69) is 5.32 Å². The first-order valence-corrected chi connectivity index (χ1v) is 16.4. The first-order valence-electron chi connectivity index (χ1n) is 15.7. The molecule has 0 spiro atoms. The van der Waals surface area contributed by atoms with Gasteiger partial charge in [-0.1, -0.05) is 98.8 Å². The van der Waals surface area contributed by atoms with Crippen LogP contribution in [-0.4, -0.2) is 28.7 Å². The van der Waals surface area contributed by atoms with Gasteiger partial charge in [0.1, 0.15) is 27.3 Å². The van der Waals surface area contributed by atoms with Crippen LogP contribution >= 0.6 is 23.2 Å². The topological polar surface area (TPSA) is 75.7 Å². The molecule has 5 aromatic rings. The van der Waals surface area contributed by atoms with E-state index in [-0.39, 0.29) is 0 Å². The van der Waals surface area contributed by atoms with Crippen LogP contribution in [0.15, 0.2) is 115 Å². The van der Waals surface area contributed by atoms with E-state index in [1.165, 1.54) is 0 Å². The van der Waals surface area contributed by atoms with E-state index in [1.807, 2.05) is 105 Å². The molecule has 8 heteroatoms. The smallest absolute Gasteiger partial charge is 0.247 e. The molecule has 1 saturated heterocycles. The maximum atomic E-state index is 14.5. The molecule has 4 aliphatic rings. The Labute approximate surface area is 282 Å². The minimum atomic E-state index is -1.31. The van der Waals surface area contributed by atoms with Crippen molar-refractivity contribution < 1.29 is 19.1 Å². The molecular weight excluding hydrogens is 631 g/mol. The first-order chi connectivity index (χ1) is 22.7. The van der Waals surface area contributed by atoms with Crippen LogP contribution in [0.5, 0.6) is 11.5 Å². The van der Waals surface area contributed by atoms with Gasteiger partial charge in [0.25, 0.3) is 0 Å². The van der Waals surface area contributed by atoms with Crippen LogP contribution in [0.25, 0.3) is 10.8 Å². The van der Waals surface area contributed by atoms with Gasteiger partial charge in [0.05, 0.1) is 11.8 Å². The Kier molecular flexibility index (Phi) is 6.76. The van der Waals surface area contributed by atoms with E-state index >= 15 is 0 Å². The molecule has 3 aliphatic carbocycles. The standard InChI is InChI=1S/C39H30Cl2N2O4/c1-22(2)34(35(44)42-24-18-20-25(21-19-24)47-31-17-9-11-23-10-3-4-12-26(23)31)43-36(45)32-33(37(43)46)39(41)28-14-6-5-13-27(28)38(32,40)29-15-7-8-16-30(29)39/h3-22,32-34H,1-2H3,(H,42,44)/t32-,33-,34-,38?,39?/m0/s1. The molecule has 2 bridgehead atoms. The number of rotatable bonds is 6. The third kappa shape index (κ3) is 4.14. The molecule has 1 N–H and O–H groups in total. The Hall–Kier alpha value is -4.65. The molecule has 5 aromatic carbocycles. The van der Waals surface area contributed by atoms with Crippen LogP contribution in [0.1, 0.15) is 36.1 Å². The lowest BCUT2D eigenvalue weighted by molar-refractivity contribution is -0.148. The van der Waals surface area contributed by atoms with Crippen molar-refractivity contribution in [2.24, 2.45) is 17.8 Å². The fraction of sp³-hybridized carbons (Fsp3) is 0.205. The van der Waals surface area contributed by atoms with E-state index in [0.717, 1.165) is 43.7 Å². The number of halogens is 2. The minimum absolute atomic E-state index is 0.392. The van der Waals surface area contributed by atoms with Crippen LogP contribution in [0.2, 0.25) is 0 Å². The minimum Gasteiger partial charge on any atom is -0.457 e. The number of carbonyl (C=O) groups excluding carboxylic acids is 3. The predicted octanol–water partition coefficient (Wildman–Crippen LogP) is 8.19. The zero-order valence-electron chi connectivity index (χ0n) is 25.6. The summed E-state index contributed by atoms with van der Waals surface area (Å²) in [4.78, 5) is 41.5. The molecule has 1 fully saturated rings. The molecule has 3 atom stereocenters. The summed E-state index contributed by atoms with van der Waals surface area (Å²) in [6.45, 7) is 3.64. The number of alkyl halides is 2. The molecule has 1 heterocycles. The van der Waals surface area contributed by atoms with Crippen molar-refractivity contribution >= 4 is 57.4 Å². The third-order valence-corrected chi connectivity index (χ3v) is 11.2. The normalized spacial score (nSPS) is 24.6. The monoisotopic (exact) mass is 660 g/mol. The Balaban J connectivity index is 1.10. The fourth-order valence-corrected chi connectivity index (χ4v) is 9.01. The zero-order chi connectivity index (χ0) is 32.7. The highest BCUT2D eigenvalue weighted by molar-refractivity contribution is 6.36. The molecule has 234 valence electrons. The number of nitrogens with one attached hydrogen (secondary N) is 1. The van der Waals surface area contributed by atoms with E-state index in [1.54, 1.807) is 24.3 Å². The second-order valence-corrected chi connectivity index (χ2v) is 14.0. The Morgan fingerprint density at radius 3 is 1.72 bits per heavy atom. The van der Waals surface area contributed by atoms with E-state index in [9.17, 15) is 14.4 Å². The number of hydrogen-bond acceptors (Lipinski definition) is 4. The summed E-state index contributed by atoms with van der Waals surface area (Å²) in [5.41, 5.74) is 3.38. The van der Waals surface area contributed by atoms with Gasteiger partial charge in [0.15, 0.2) is 0 Å². The number of hydrogen-bond donors (Lipinski definition) is 1. The van der Waals surface area contributed by atoms with Crippen molar-refractivity contribution in [3.8, 4) is 11.5 Å². The largest absolute Gasteiger partial charge is 0.457 e. The molecule has 0 unspecified atom stereocenters. The van der Waals surface area contributed by atoms with E-state index in [0.29, 0.717) is 11.4 Å². The number of fused-ring (bicyclic) bond motifs is 1. The molecule has 0 radical (unpaired) electrons. The lowest BCUT2D eigenvalue weighted by Crippen LogP contribution is -2.57. The predicted molar refractivity (Wildman–Crippen MR) is 183 cm³/mol. The third-order valence-electron chi connectivity index (χ3n) is 9.90. The zero-order valence-corrected chi connectivity index (χ0v) is 27.1. The van der Waals surface area contributed by atoms with Crippen LogP contribution in [0.3, 0.4) is 0 Å². The van der Waals surface area contributed by atoms with Crippen molar-refractivity contribution in [1.29, 1.82) is 0 Å². The molecule has 9 rings (SSSR count). The number of likely N-dealkylation sites (tertiary alicyclic amines) is 1. The average molecular weight is 662 g/mol. The van der Waals surface area contributed by atoms with Crippen LogP contribution in [-0.2, 0) is 24.1 Å². The fourth-order valence-electron chi connectivity index (χ4n) is 7.92. The van der Waals surface area contributed by atoms with Crippen molar-refractivity contribution in [3.05, 3.63) is 138 Å². The number of amides is 3. The molecule has 6 nitrogen and oxygen atoms in total. The van der Waals surface area contributed by atoms with E-state index < -0.39 is 51.3 Å². The summed E-state index contributed by atoms with van der Waals surface area (Å²) in [7, 11) is 0. The highest BCUT2D eigenvalue weighted by atomic mass is 35.5. The highest BCUT2D eigenvalue weighted by Gasteiger charge is 2.73. The lowest BCUT2D eigenvalue weighted by atomic mass is 9.54. The number of ether oxygens (including phenoxy) is 1. The van der Waals surface area contributed by atoms with Crippen molar-refractivity contribution in [2.75, 3.05) is 5.32 Å². The quantitative estimate of drug-likeness (QED) is 0.147. The Morgan fingerprint density at radius 2 is 1.19 bits per heavy atom. The molecule has 1 aliphatic heterocycles. The molecular formula is C39H30Cl2N2O4. The van der Waals surface area contributed by atoms with Crippen molar-refractivity contribution in [2.45, 2.75) is 29.6 Å². The molecule has 0 saturated carbocycles.